The molecule has 0 bridgehead atoms. The van der Waals surface area contributed by atoms with E-state index in [1.54, 1.807) is 0 Å². The molecule has 1 fully saturated rings. The van der Waals surface area contributed by atoms with Crippen LogP contribution in [0.3, 0.4) is 0 Å². The molecule has 0 aromatic carbocycles. The normalized spacial score (nSPS) is 32.5. The van der Waals surface area contributed by atoms with Gasteiger partial charge in [0.05, 0.1) is 25.4 Å². The van der Waals surface area contributed by atoms with Crippen molar-refractivity contribution in [2.45, 2.75) is 38.6 Å². The van der Waals surface area contributed by atoms with Gasteiger partial charge in [-0.15, -0.1) is 0 Å². The third-order valence-electron chi connectivity index (χ3n) is 1.62. The van der Waals surface area contributed by atoms with Crippen LogP contribution in [0.2, 0.25) is 0 Å². The molecule has 5 heteroatoms. The van der Waals surface area contributed by atoms with Gasteiger partial charge in [0.15, 0.2) is 0 Å². The Bertz CT molecular complexity index is 112. The van der Waals surface area contributed by atoms with Crippen LogP contribution in [-0.2, 0) is 4.74 Å². The van der Waals surface area contributed by atoms with Crippen LogP contribution in [0.4, 0.5) is 4.39 Å². The minimum Gasteiger partial charge on any atom is -0.412 e. The second-order valence-corrected chi connectivity index (χ2v) is 2.46. The number of aliphatic hydroxyl groups excluding tert-OH is 2. The number of rotatable bonds is 1. The molecule has 1 heterocycles. The summed E-state index contributed by atoms with van der Waals surface area (Å²) in [4.78, 5) is 0. The summed E-state index contributed by atoms with van der Waals surface area (Å²) in [6.07, 6.45) is -2.45. The van der Waals surface area contributed by atoms with E-state index in [1.165, 1.54) is 0 Å². The Labute approximate surface area is 77.6 Å². The van der Waals surface area contributed by atoms with Gasteiger partial charge in [0.1, 0.15) is 6.17 Å². The predicted octanol–water partition coefficient (Wildman–Crippen LogP) is -0.332. The molecule has 1 aliphatic heterocycles. The molecule has 82 valence electrons. The van der Waals surface area contributed by atoms with Gasteiger partial charge in [-0.05, 0) is 0 Å². The van der Waals surface area contributed by atoms with Gasteiger partial charge < -0.3 is 20.4 Å². The Kier molecular flexibility index (Phi) is 9.82. The van der Waals surface area contributed by atoms with E-state index in [4.69, 9.17) is 14.9 Å². The fraction of sp³-hybridized carbons (Fsp3) is 1.00. The molecule has 0 saturated carbocycles. The highest BCUT2D eigenvalue weighted by atomic mass is 19.1. The summed E-state index contributed by atoms with van der Waals surface area (Å²) in [6.45, 7) is 3.75. The summed E-state index contributed by atoms with van der Waals surface area (Å²) < 4.78 is 17.3. The van der Waals surface area contributed by atoms with E-state index in [2.05, 4.69) is 0 Å². The van der Waals surface area contributed by atoms with Crippen LogP contribution in [0.15, 0.2) is 0 Å². The van der Waals surface area contributed by atoms with E-state index in [-0.39, 0.29) is 31.2 Å². The zero-order chi connectivity index (χ0) is 9.56. The highest BCUT2D eigenvalue weighted by Gasteiger charge is 2.28. The topological polar surface area (TPSA) is 81.2 Å². The maximum atomic E-state index is 12.4. The molecule has 0 radical (unpaired) electrons. The zero-order valence-electron chi connectivity index (χ0n) is 8.03. The summed E-state index contributed by atoms with van der Waals surface area (Å²) in [7, 11) is 0. The third kappa shape index (κ3) is 5.15. The van der Waals surface area contributed by atoms with Gasteiger partial charge in [0.2, 0.25) is 0 Å². The van der Waals surface area contributed by atoms with E-state index in [9.17, 15) is 4.39 Å². The predicted molar refractivity (Wildman–Crippen MR) is 47.3 cm³/mol. The first-order valence-electron chi connectivity index (χ1n) is 4.28. The largest absolute Gasteiger partial charge is 0.412 e. The van der Waals surface area contributed by atoms with Gasteiger partial charge in [0, 0.05) is 6.42 Å². The molecule has 3 atom stereocenters. The lowest BCUT2D eigenvalue weighted by Gasteiger charge is -2.27. The monoisotopic (exact) mass is 198 g/mol. The van der Waals surface area contributed by atoms with Crippen molar-refractivity contribution in [3.8, 4) is 0 Å². The van der Waals surface area contributed by atoms with Crippen LogP contribution < -0.4 is 0 Å². The summed E-state index contributed by atoms with van der Waals surface area (Å²) in [6, 6.07) is 0. The fourth-order valence-electron chi connectivity index (χ4n) is 0.951. The lowest BCUT2D eigenvalue weighted by molar-refractivity contribution is -0.106. The van der Waals surface area contributed by atoms with Crippen molar-refractivity contribution in [2.75, 3.05) is 13.2 Å². The van der Waals surface area contributed by atoms with Crippen LogP contribution in [0.25, 0.3) is 0 Å². The Morgan fingerprint density at radius 1 is 1.46 bits per heavy atom. The molecule has 0 aliphatic carbocycles. The number of aliphatic hydroxyl groups is 2. The van der Waals surface area contributed by atoms with E-state index in [0.717, 1.165) is 0 Å². The average molecular weight is 198 g/mol. The quantitative estimate of drug-likeness (QED) is 0.605. The molecular formula is C8H19FO4. The van der Waals surface area contributed by atoms with Gasteiger partial charge in [-0.1, -0.05) is 13.8 Å². The third-order valence-corrected chi connectivity index (χ3v) is 1.62. The SMILES string of the molecule is CC.O.OC[C@@H]1C[C@H](O)[C@H](F)CO1. The fourth-order valence-corrected chi connectivity index (χ4v) is 0.951. The highest BCUT2D eigenvalue weighted by Crippen LogP contribution is 2.15. The summed E-state index contributed by atoms with van der Waals surface area (Å²) in [5, 5.41) is 17.4. The van der Waals surface area contributed by atoms with Gasteiger partial charge in [-0.3, -0.25) is 0 Å². The van der Waals surface area contributed by atoms with Crippen molar-refractivity contribution < 1.29 is 24.8 Å². The van der Waals surface area contributed by atoms with E-state index >= 15 is 0 Å². The Balaban J connectivity index is 0. The zero-order valence-corrected chi connectivity index (χ0v) is 8.03. The Morgan fingerprint density at radius 3 is 2.38 bits per heavy atom. The molecule has 0 unspecified atom stereocenters. The van der Waals surface area contributed by atoms with Crippen molar-refractivity contribution in [1.29, 1.82) is 0 Å². The first-order chi connectivity index (χ1) is 5.74. The summed E-state index contributed by atoms with van der Waals surface area (Å²) in [5.74, 6) is 0. The molecule has 4 nitrogen and oxygen atoms in total. The first kappa shape index (κ1) is 15.3. The van der Waals surface area contributed by atoms with Crippen molar-refractivity contribution >= 4 is 0 Å². The second-order valence-electron chi connectivity index (χ2n) is 2.46. The van der Waals surface area contributed by atoms with Crippen molar-refractivity contribution in [2.24, 2.45) is 0 Å². The highest BCUT2D eigenvalue weighted by molar-refractivity contribution is 4.77. The molecule has 1 rings (SSSR count). The van der Waals surface area contributed by atoms with Crippen LogP contribution in [0.5, 0.6) is 0 Å². The van der Waals surface area contributed by atoms with Gasteiger partial charge in [-0.25, -0.2) is 4.39 Å². The maximum absolute atomic E-state index is 12.4. The molecule has 0 amide bonds. The van der Waals surface area contributed by atoms with Crippen LogP contribution in [-0.4, -0.2) is 47.3 Å². The molecule has 4 N–H and O–H groups in total. The van der Waals surface area contributed by atoms with Crippen LogP contribution in [0.1, 0.15) is 20.3 Å². The van der Waals surface area contributed by atoms with Gasteiger partial charge >= 0.3 is 0 Å². The lowest BCUT2D eigenvalue weighted by atomic mass is 10.1. The molecule has 1 saturated heterocycles. The van der Waals surface area contributed by atoms with Crippen LogP contribution in [0, 0.1) is 0 Å². The standard InChI is InChI=1S/C6H11FO3.C2H6.H2O/c7-5-3-10-4(2-8)1-6(5)9;1-2;/h4-6,8-9H,1-3H2;1-2H3;1H2/t4-,5+,6-;;/m0../s1. The second kappa shape index (κ2) is 8.37. The van der Waals surface area contributed by atoms with Crippen molar-refractivity contribution in [3.63, 3.8) is 0 Å². The number of halogens is 1. The first-order valence-corrected chi connectivity index (χ1v) is 4.28. The maximum Gasteiger partial charge on any atom is 0.149 e. The van der Waals surface area contributed by atoms with Crippen molar-refractivity contribution in [1.82, 2.24) is 0 Å². The Hall–Kier alpha value is -0.230. The number of ether oxygens (including phenoxy) is 1. The minimum absolute atomic E-state index is 0. The molecule has 1 aliphatic rings. The number of hydrogen-bond acceptors (Lipinski definition) is 3. The smallest absolute Gasteiger partial charge is 0.149 e. The summed E-state index contributed by atoms with van der Waals surface area (Å²) >= 11 is 0. The summed E-state index contributed by atoms with van der Waals surface area (Å²) in [5.41, 5.74) is 0. The molecule has 0 aromatic heterocycles. The van der Waals surface area contributed by atoms with E-state index in [0.29, 0.717) is 0 Å². The average Bonchev–Trinajstić information content (AvgIpc) is 2.13. The molecular weight excluding hydrogens is 179 g/mol. The minimum atomic E-state index is -1.29. The van der Waals surface area contributed by atoms with Crippen molar-refractivity contribution in [3.05, 3.63) is 0 Å². The van der Waals surface area contributed by atoms with Crippen LogP contribution >= 0.6 is 0 Å². The Morgan fingerprint density at radius 2 is 2.00 bits per heavy atom. The molecule has 0 aromatic rings. The van der Waals surface area contributed by atoms with Gasteiger partial charge in [0.25, 0.3) is 0 Å². The number of hydrogen-bond donors (Lipinski definition) is 2. The van der Waals surface area contributed by atoms with Gasteiger partial charge in [-0.2, -0.15) is 0 Å². The van der Waals surface area contributed by atoms with E-state index in [1.807, 2.05) is 13.8 Å². The molecule has 13 heavy (non-hydrogen) atoms. The lowest BCUT2D eigenvalue weighted by Crippen LogP contribution is -2.40. The molecule has 0 spiro atoms. The number of alkyl halides is 1. The van der Waals surface area contributed by atoms with E-state index < -0.39 is 12.3 Å².